The van der Waals surface area contributed by atoms with Crippen LogP contribution in [0.2, 0.25) is 0 Å². The van der Waals surface area contributed by atoms with Crippen molar-refractivity contribution >= 4 is 45.7 Å². The quantitative estimate of drug-likeness (QED) is 0.534. The minimum Gasteiger partial charge on any atom is -0.284 e. The molecular weight excluding hydrogens is 238 g/mol. The molecule has 1 fully saturated rings. The summed E-state index contributed by atoms with van der Waals surface area (Å²) in [5.74, 6) is 1.26. The van der Waals surface area contributed by atoms with Gasteiger partial charge in [0.1, 0.15) is 5.84 Å². The molecule has 0 spiro atoms. The molecule has 80 valence electrons. The van der Waals surface area contributed by atoms with Crippen molar-refractivity contribution in [3.63, 3.8) is 0 Å². The number of hydrazine groups is 1. The predicted molar refractivity (Wildman–Crippen MR) is 59.6 cm³/mol. The lowest BCUT2D eigenvalue weighted by Gasteiger charge is -2.16. The summed E-state index contributed by atoms with van der Waals surface area (Å²) in [6.45, 7) is 0. The van der Waals surface area contributed by atoms with Crippen molar-refractivity contribution in [2.24, 2.45) is 10.1 Å². The number of carbonyl (C=O) groups excluding carboxylic acids is 2. The molecule has 0 aromatic heterocycles. The smallest absolute Gasteiger partial charge is 0.284 e. The molecule has 0 aromatic carbocycles. The van der Waals surface area contributed by atoms with E-state index in [-0.39, 0.29) is 11.1 Å². The van der Waals surface area contributed by atoms with E-state index in [2.05, 4.69) is 26.4 Å². The van der Waals surface area contributed by atoms with E-state index in [1.165, 1.54) is 11.8 Å². The molecule has 0 aromatic rings. The summed E-state index contributed by atoms with van der Waals surface area (Å²) in [5.41, 5.74) is 7.40. The summed E-state index contributed by atoms with van der Waals surface area (Å²) in [6.07, 6.45) is 0. The molecule has 15 heavy (non-hydrogen) atoms. The molecule has 0 saturated carbocycles. The fourth-order valence-corrected chi connectivity index (χ4v) is 2.00. The first-order valence-corrected chi connectivity index (χ1v) is 5.97. The van der Waals surface area contributed by atoms with Gasteiger partial charge in [-0.25, -0.2) is 10.4 Å². The van der Waals surface area contributed by atoms with Crippen LogP contribution in [0, 0.1) is 0 Å². The van der Waals surface area contributed by atoms with Gasteiger partial charge in [-0.3, -0.25) is 20.4 Å². The molecule has 0 unspecified atom stereocenters. The largest absolute Gasteiger partial charge is 0.297 e. The van der Waals surface area contributed by atoms with E-state index in [1.807, 2.05) is 0 Å². The van der Waals surface area contributed by atoms with Gasteiger partial charge in [-0.1, -0.05) is 23.5 Å². The van der Waals surface area contributed by atoms with Gasteiger partial charge in [-0.15, -0.1) is 5.10 Å². The standard InChI is InChI=1S/C6H7N5O2S2/c12-4-2-14-5(10-9-4)7-3-1-15-6(13)11-8-3/h1-2H2,(H,9,12)(H,11,13)(H,7,8,10). The third-order valence-electron chi connectivity index (χ3n) is 1.49. The minimum atomic E-state index is -0.138. The Morgan fingerprint density at radius 2 is 2.07 bits per heavy atom. The zero-order chi connectivity index (χ0) is 10.7. The molecule has 0 aliphatic carbocycles. The molecule has 7 nitrogen and oxygen atoms in total. The first-order valence-electron chi connectivity index (χ1n) is 4.00. The number of rotatable bonds is 0. The lowest BCUT2D eigenvalue weighted by Crippen LogP contribution is -2.46. The van der Waals surface area contributed by atoms with Crippen molar-refractivity contribution in [2.75, 3.05) is 11.5 Å². The van der Waals surface area contributed by atoms with Crippen molar-refractivity contribution in [3.05, 3.63) is 0 Å². The number of nitrogens with one attached hydrogen (secondary N) is 3. The number of amidine groups is 2. The van der Waals surface area contributed by atoms with Gasteiger partial charge < -0.3 is 0 Å². The molecule has 2 aliphatic rings. The maximum absolute atomic E-state index is 10.8. The second-order valence-electron chi connectivity index (χ2n) is 2.60. The number of hydrogen-bond acceptors (Lipinski definition) is 6. The first kappa shape index (κ1) is 10.3. The molecule has 0 bridgehead atoms. The number of nitrogens with zero attached hydrogens (tertiary/aromatic N) is 2. The van der Waals surface area contributed by atoms with Gasteiger partial charge in [0.2, 0.25) is 5.17 Å². The van der Waals surface area contributed by atoms with Crippen LogP contribution in [0.5, 0.6) is 0 Å². The normalized spacial score (nSPS) is 24.0. The van der Waals surface area contributed by atoms with E-state index in [0.29, 0.717) is 22.5 Å². The molecule has 2 rings (SSSR count). The van der Waals surface area contributed by atoms with E-state index in [1.54, 1.807) is 0 Å². The number of aliphatic imine (C=N–C) groups is 1. The summed E-state index contributed by atoms with van der Waals surface area (Å²) >= 11 is 2.37. The van der Waals surface area contributed by atoms with Crippen molar-refractivity contribution in [2.45, 2.75) is 0 Å². The number of hydrogen-bond donors (Lipinski definition) is 3. The van der Waals surface area contributed by atoms with Gasteiger partial charge >= 0.3 is 0 Å². The topological polar surface area (TPSA) is 95.0 Å². The second kappa shape index (κ2) is 4.53. The third kappa shape index (κ3) is 2.86. The first-order chi connectivity index (χ1) is 7.24. The highest BCUT2D eigenvalue weighted by Crippen LogP contribution is 2.11. The highest BCUT2D eigenvalue weighted by molar-refractivity contribution is 8.14. The average Bonchev–Trinajstić information content (AvgIpc) is 2.25. The number of thioether (sulfide) groups is 2. The van der Waals surface area contributed by atoms with Gasteiger partial charge in [0.25, 0.3) is 11.1 Å². The maximum atomic E-state index is 10.8. The van der Waals surface area contributed by atoms with Gasteiger partial charge in [0.15, 0.2) is 0 Å². The Morgan fingerprint density at radius 1 is 1.20 bits per heavy atom. The van der Waals surface area contributed by atoms with E-state index in [4.69, 9.17) is 0 Å². The van der Waals surface area contributed by atoms with E-state index < -0.39 is 0 Å². The fraction of sp³-hybridized carbons (Fsp3) is 0.333. The van der Waals surface area contributed by atoms with Crippen molar-refractivity contribution in [1.82, 2.24) is 16.3 Å². The molecular formula is C6H7N5O2S2. The molecule has 2 amide bonds. The SMILES string of the molecule is O=C1CSC(/N=C2/CSC(=O)NN2)=NN1. The van der Waals surface area contributed by atoms with E-state index in [0.717, 1.165) is 11.8 Å². The van der Waals surface area contributed by atoms with Crippen LogP contribution in [0.3, 0.4) is 0 Å². The summed E-state index contributed by atoms with van der Waals surface area (Å²) in [4.78, 5) is 25.7. The summed E-state index contributed by atoms with van der Waals surface area (Å²) in [7, 11) is 0. The predicted octanol–water partition coefficient (Wildman–Crippen LogP) is -0.520. The number of carbonyl (C=O) groups is 2. The molecule has 0 radical (unpaired) electrons. The van der Waals surface area contributed by atoms with Gasteiger partial charge in [-0.2, -0.15) is 0 Å². The van der Waals surface area contributed by atoms with E-state index in [9.17, 15) is 9.59 Å². The van der Waals surface area contributed by atoms with E-state index >= 15 is 0 Å². The minimum absolute atomic E-state index is 0.136. The average molecular weight is 245 g/mol. The zero-order valence-corrected chi connectivity index (χ0v) is 9.07. The van der Waals surface area contributed by atoms with Crippen molar-refractivity contribution in [3.8, 4) is 0 Å². The van der Waals surface area contributed by atoms with Crippen LogP contribution in [-0.4, -0.2) is 33.7 Å². The fourth-order valence-electron chi connectivity index (χ4n) is 0.867. The highest BCUT2D eigenvalue weighted by Gasteiger charge is 2.16. The molecule has 2 aliphatic heterocycles. The van der Waals surface area contributed by atoms with Gasteiger partial charge in [0, 0.05) is 0 Å². The van der Waals surface area contributed by atoms with Crippen molar-refractivity contribution < 1.29 is 9.59 Å². The molecule has 0 atom stereocenters. The molecule has 3 N–H and O–H groups in total. The Bertz CT molecular complexity index is 355. The van der Waals surface area contributed by atoms with Crippen LogP contribution >= 0.6 is 23.5 Å². The molecule has 1 saturated heterocycles. The summed E-state index contributed by atoms with van der Waals surface area (Å²) in [5, 5.41) is 4.10. The lowest BCUT2D eigenvalue weighted by molar-refractivity contribution is -0.118. The van der Waals surface area contributed by atoms with Crippen LogP contribution in [0.1, 0.15) is 0 Å². The van der Waals surface area contributed by atoms with Crippen molar-refractivity contribution in [1.29, 1.82) is 0 Å². The number of hydrazone groups is 1. The van der Waals surface area contributed by atoms with Crippen LogP contribution < -0.4 is 16.3 Å². The Labute approximate surface area is 93.5 Å². The van der Waals surface area contributed by atoms with Gasteiger partial charge in [-0.05, 0) is 0 Å². The van der Waals surface area contributed by atoms with Crippen LogP contribution in [0.15, 0.2) is 10.1 Å². The van der Waals surface area contributed by atoms with Crippen LogP contribution in [0.4, 0.5) is 4.79 Å². The maximum Gasteiger partial charge on any atom is 0.297 e. The summed E-state index contributed by atoms with van der Waals surface area (Å²) in [6, 6.07) is 0. The molecule has 2 heterocycles. The highest BCUT2D eigenvalue weighted by atomic mass is 32.2. The van der Waals surface area contributed by atoms with Gasteiger partial charge in [0.05, 0.1) is 11.5 Å². The Morgan fingerprint density at radius 3 is 2.67 bits per heavy atom. The number of amides is 2. The van der Waals surface area contributed by atoms with Crippen LogP contribution in [-0.2, 0) is 4.79 Å². The monoisotopic (exact) mass is 245 g/mol. The Balaban J connectivity index is 1.98. The second-order valence-corrected chi connectivity index (χ2v) is 4.49. The van der Waals surface area contributed by atoms with Crippen LogP contribution in [0.25, 0.3) is 0 Å². The lowest BCUT2D eigenvalue weighted by atomic mass is 10.7. The Kier molecular flexibility index (Phi) is 3.11. The zero-order valence-electron chi connectivity index (χ0n) is 7.44. The summed E-state index contributed by atoms with van der Waals surface area (Å²) < 4.78 is 0. The Hall–Kier alpha value is -1.22. The molecule has 9 heteroatoms. The third-order valence-corrected chi connectivity index (χ3v) is 3.12.